The minimum atomic E-state index is -0.800. The fraction of sp³-hybridized carbons (Fsp3) is 0.278. The van der Waals surface area contributed by atoms with E-state index < -0.39 is 30.0 Å². The number of thiophene rings is 1. The van der Waals surface area contributed by atoms with Gasteiger partial charge in [-0.05, 0) is 26.0 Å². The van der Waals surface area contributed by atoms with Crippen LogP contribution in [0.2, 0.25) is 0 Å². The van der Waals surface area contributed by atoms with Gasteiger partial charge in [0.05, 0.1) is 10.6 Å². The van der Waals surface area contributed by atoms with Crippen LogP contribution in [0.15, 0.2) is 24.3 Å². The van der Waals surface area contributed by atoms with Crippen LogP contribution in [-0.2, 0) is 14.3 Å². The molecule has 10 heteroatoms. The predicted molar refractivity (Wildman–Crippen MR) is 100 cm³/mol. The molecule has 1 aliphatic heterocycles. The van der Waals surface area contributed by atoms with Gasteiger partial charge in [0.1, 0.15) is 12.3 Å². The molecule has 0 N–H and O–H groups in total. The van der Waals surface area contributed by atoms with Crippen LogP contribution in [0.3, 0.4) is 0 Å². The lowest BCUT2D eigenvalue weighted by atomic mass is 10.2. The minimum absolute atomic E-state index is 0.109. The van der Waals surface area contributed by atoms with E-state index >= 15 is 0 Å². The normalized spacial score (nSPS) is 12.9. The van der Waals surface area contributed by atoms with Gasteiger partial charge < -0.3 is 9.47 Å². The SMILES string of the molecule is Cc1cc(C(=O)COC(=O)CN2C(=O)COc3ccc([N+](=O)[O-])cc32)c(C)s1. The highest BCUT2D eigenvalue weighted by atomic mass is 32.1. The average Bonchev–Trinajstić information content (AvgIpc) is 2.99. The van der Waals surface area contributed by atoms with Crippen molar-refractivity contribution in [1.29, 1.82) is 0 Å². The maximum atomic E-state index is 12.2. The van der Waals surface area contributed by atoms with Gasteiger partial charge in [-0.15, -0.1) is 11.3 Å². The summed E-state index contributed by atoms with van der Waals surface area (Å²) in [4.78, 5) is 49.7. The Morgan fingerprint density at radius 2 is 2.07 bits per heavy atom. The molecule has 2 aromatic rings. The average molecular weight is 404 g/mol. The Kier molecular flexibility index (Phi) is 5.41. The number of aryl methyl sites for hydroxylation is 2. The topological polar surface area (TPSA) is 116 Å². The highest BCUT2D eigenvalue weighted by Gasteiger charge is 2.30. The monoisotopic (exact) mass is 404 g/mol. The van der Waals surface area contributed by atoms with Crippen LogP contribution in [0.25, 0.3) is 0 Å². The van der Waals surface area contributed by atoms with Crippen molar-refractivity contribution < 1.29 is 28.8 Å². The number of amides is 1. The van der Waals surface area contributed by atoms with E-state index in [2.05, 4.69) is 0 Å². The number of nitro groups is 1. The third-order valence-electron chi connectivity index (χ3n) is 4.09. The van der Waals surface area contributed by atoms with Crippen LogP contribution in [-0.4, -0.2) is 42.3 Å². The minimum Gasteiger partial charge on any atom is -0.482 e. The molecule has 0 radical (unpaired) electrons. The first kappa shape index (κ1) is 19.5. The Bertz CT molecular complexity index is 982. The zero-order chi connectivity index (χ0) is 20.4. The molecule has 0 atom stereocenters. The smallest absolute Gasteiger partial charge is 0.326 e. The Balaban J connectivity index is 1.69. The van der Waals surface area contributed by atoms with E-state index in [4.69, 9.17) is 9.47 Å². The molecule has 28 heavy (non-hydrogen) atoms. The zero-order valence-corrected chi connectivity index (χ0v) is 15.9. The van der Waals surface area contributed by atoms with Crippen molar-refractivity contribution in [2.75, 3.05) is 24.7 Å². The standard InChI is InChI=1S/C18H16N2O7S/c1-10-5-13(11(2)28-10)15(21)8-27-18(23)7-19-14-6-12(20(24)25)3-4-16(14)26-9-17(19)22/h3-6H,7-9H2,1-2H3. The number of non-ortho nitro benzene ring substituents is 1. The van der Waals surface area contributed by atoms with Crippen molar-refractivity contribution in [3.05, 3.63) is 49.7 Å². The number of nitro benzene ring substituents is 1. The predicted octanol–water partition coefficient (Wildman–Crippen LogP) is 2.42. The summed E-state index contributed by atoms with van der Waals surface area (Å²) >= 11 is 1.47. The van der Waals surface area contributed by atoms with Gasteiger partial charge >= 0.3 is 5.97 Å². The number of rotatable bonds is 6. The summed E-state index contributed by atoms with van der Waals surface area (Å²) in [7, 11) is 0. The fourth-order valence-corrected chi connectivity index (χ4v) is 3.73. The Labute approximate surface area is 163 Å². The molecule has 1 amide bonds. The van der Waals surface area contributed by atoms with Crippen molar-refractivity contribution in [1.82, 2.24) is 0 Å². The molecule has 9 nitrogen and oxygen atoms in total. The number of ketones is 1. The van der Waals surface area contributed by atoms with Gasteiger partial charge in [0.15, 0.2) is 13.2 Å². The van der Waals surface area contributed by atoms with E-state index in [1.165, 1.54) is 23.5 Å². The van der Waals surface area contributed by atoms with Crippen LogP contribution in [0.1, 0.15) is 20.1 Å². The number of Topliss-reactive ketones (excluding diaryl/α,β-unsaturated/α-hetero) is 1. The zero-order valence-electron chi connectivity index (χ0n) is 15.1. The third kappa shape index (κ3) is 4.01. The van der Waals surface area contributed by atoms with Crippen LogP contribution < -0.4 is 9.64 Å². The summed E-state index contributed by atoms with van der Waals surface area (Å²) in [6.07, 6.45) is 0. The third-order valence-corrected chi connectivity index (χ3v) is 5.06. The van der Waals surface area contributed by atoms with E-state index in [-0.39, 0.29) is 29.5 Å². The molecular formula is C18H16N2O7S. The number of esters is 1. The summed E-state index contributed by atoms with van der Waals surface area (Å²) < 4.78 is 10.2. The molecule has 1 aromatic carbocycles. The molecule has 0 spiro atoms. The van der Waals surface area contributed by atoms with E-state index in [9.17, 15) is 24.5 Å². The van der Waals surface area contributed by atoms with Crippen molar-refractivity contribution in [2.24, 2.45) is 0 Å². The van der Waals surface area contributed by atoms with Gasteiger partial charge in [-0.25, -0.2) is 0 Å². The number of benzene rings is 1. The van der Waals surface area contributed by atoms with Crippen molar-refractivity contribution in [3.8, 4) is 5.75 Å². The van der Waals surface area contributed by atoms with Gasteiger partial charge in [0.2, 0.25) is 5.78 Å². The number of fused-ring (bicyclic) bond motifs is 1. The number of hydrogen-bond donors (Lipinski definition) is 0. The number of ether oxygens (including phenoxy) is 2. The number of hydrogen-bond acceptors (Lipinski definition) is 8. The summed E-state index contributed by atoms with van der Waals surface area (Å²) in [5.41, 5.74) is 0.366. The highest BCUT2D eigenvalue weighted by molar-refractivity contribution is 7.12. The first-order valence-electron chi connectivity index (χ1n) is 8.23. The van der Waals surface area contributed by atoms with E-state index in [0.717, 1.165) is 20.7 Å². The molecule has 0 aliphatic carbocycles. The molecule has 1 aromatic heterocycles. The molecule has 0 unspecified atom stereocenters. The molecular weight excluding hydrogens is 388 g/mol. The van der Waals surface area contributed by atoms with Gasteiger partial charge in [-0.3, -0.25) is 29.4 Å². The molecule has 0 fully saturated rings. The molecule has 146 valence electrons. The van der Waals surface area contributed by atoms with Crippen LogP contribution >= 0.6 is 11.3 Å². The lowest BCUT2D eigenvalue weighted by Crippen LogP contribution is -2.42. The Morgan fingerprint density at radius 3 is 2.71 bits per heavy atom. The van der Waals surface area contributed by atoms with Gasteiger partial charge in [-0.2, -0.15) is 0 Å². The fourth-order valence-electron chi connectivity index (χ4n) is 2.78. The van der Waals surface area contributed by atoms with Crippen molar-refractivity contribution in [3.63, 3.8) is 0 Å². The highest BCUT2D eigenvalue weighted by Crippen LogP contribution is 2.35. The lowest BCUT2D eigenvalue weighted by Gasteiger charge is -2.28. The lowest BCUT2D eigenvalue weighted by molar-refractivity contribution is -0.384. The maximum Gasteiger partial charge on any atom is 0.326 e. The summed E-state index contributed by atoms with van der Waals surface area (Å²) in [6.45, 7) is 2.45. The van der Waals surface area contributed by atoms with E-state index in [1.807, 2.05) is 13.8 Å². The summed E-state index contributed by atoms with van der Waals surface area (Å²) in [6, 6.07) is 5.50. The van der Waals surface area contributed by atoms with Crippen LogP contribution in [0.5, 0.6) is 5.75 Å². The van der Waals surface area contributed by atoms with Crippen LogP contribution in [0.4, 0.5) is 11.4 Å². The summed E-state index contributed by atoms with van der Waals surface area (Å²) in [5, 5.41) is 11.0. The second-order valence-electron chi connectivity index (χ2n) is 6.09. The first-order valence-corrected chi connectivity index (χ1v) is 9.05. The maximum absolute atomic E-state index is 12.2. The molecule has 0 bridgehead atoms. The number of nitrogens with zero attached hydrogens (tertiary/aromatic N) is 2. The van der Waals surface area contributed by atoms with E-state index in [1.54, 1.807) is 6.07 Å². The van der Waals surface area contributed by atoms with Gasteiger partial charge in [-0.1, -0.05) is 0 Å². The van der Waals surface area contributed by atoms with Crippen LogP contribution in [0, 0.1) is 24.0 Å². The summed E-state index contributed by atoms with van der Waals surface area (Å²) in [5.74, 6) is -1.43. The Morgan fingerprint density at radius 1 is 1.32 bits per heavy atom. The molecule has 2 heterocycles. The number of carbonyl (C=O) groups is 3. The van der Waals surface area contributed by atoms with Crippen molar-refractivity contribution >= 4 is 40.4 Å². The quantitative estimate of drug-likeness (QED) is 0.314. The number of anilines is 1. The largest absolute Gasteiger partial charge is 0.482 e. The molecule has 0 saturated heterocycles. The van der Waals surface area contributed by atoms with E-state index in [0.29, 0.717) is 5.56 Å². The second-order valence-corrected chi connectivity index (χ2v) is 7.55. The number of carbonyl (C=O) groups excluding carboxylic acids is 3. The molecule has 3 rings (SSSR count). The van der Waals surface area contributed by atoms with Gasteiger partial charge in [0.25, 0.3) is 11.6 Å². The Hall–Kier alpha value is -3.27. The molecule has 1 aliphatic rings. The molecule has 0 saturated carbocycles. The van der Waals surface area contributed by atoms with Gasteiger partial charge in [0, 0.05) is 27.5 Å². The van der Waals surface area contributed by atoms with Crippen molar-refractivity contribution in [2.45, 2.75) is 13.8 Å². The first-order chi connectivity index (χ1) is 13.3. The second kappa shape index (κ2) is 7.77.